The molecule has 0 heterocycles. The highest BCUT2D eigenvalue weighted by molar-refractivity contribution is 5.75. The number of carbonyl (C=O) groups is 2. The van der Waals surface area contributed by atoms with Gasteiger partial charge in [0.25, 0.3) is 0 Å². The highest BCUT2D eigenvalue weighted by Gasteiger charge is 2.19. The van der Waals surface area contributed by atoms with Crippen LogP contribution in [-0.4, -0.2) is 23.0 Å². The van der Waals surface area contributed by atoms with Crippen LogP contribution >= 0.6 is 0 Å². The molecule has 4 heteroatoms. The predicted octanol–water partition coefficient (Wildman–Crippen LogP) is 0.232. The van der Waals surface area contributed by atoms with Crippen LogP contribution in [0.5, 0.6) is 0 Å². The van der Waals surface area contributed by atoms with Gasteiger partial charge >= 0.3 is 5.97 Å². The number of rotatable bonds is 3. The molecule has 0 aromatic carbocycles. The maximum Gasteiger partial charge on any atom is 0.308 e. The van der Waals surface area contributed by atoms with E-state index in [1.54, 1.807) is 13.8 Å². The molecule has 0 aliphatic rings. The van der Waals surface area contributed by atoms with Crippen LogP contribution < -0.4 is 5.32 Å². The van der Waals surface area contributed by atoms with Gasteiger partial charge in [-0.15, -0.1) is 0 Å². The molecule has 2 atom stereocenters. The Morgan fingerprint density at radius 2 is 1.82 bits per heavy atom. The molecule has 1 unspecified atom stereocenters. The molecule has 0 fully saturated rings. The average molecular weight is 159 g/mol. The van der Waals surface area contributed by atoms with E-state index in [0.717, 1.165) is 0 Å². The van der Waals surface area contributed by atoms with Crippen LogP contribution in [0.1, 0.15) is 20.8 Å². The minimum absolute atomic E-state index is 0.203. The molecule has 11 heavy (non-hydrogen) atoms. The Balaban J connectivity index is 3.92. The minimum atomic E-state index is -0.897. The van der Waals surface area contributed by atoms with Gasteiger partial charge in [-0.25, -0.2) is 0 Å². The molecule has 0 aromatic rings. The Morgan fingerprint density at radius 1 is 1.36 bits per heavy atom. The van der Waals surface area contributed by atoms with Crippen molar-refractivity contribution in [2.24, 2.45) is 5.92 Å². The molecule has 0 saturated carbocycles. The zero-order valence-electron chi connectivity index (χ0n) is 6.92. The third kappa shape index (κ3) is 3.60. The normalized spacial score (nSPS) is 15.2. The first kappa shape index (κ1) is 9.94. The number of carbonyl (C=O) groups excluding carboxylic acids is 1. The summed E-state index contributed by atoms with van der Waals surface area (Å²) in [5.74, 6) is -1.64. The molecule has 1 amide bonds. The van der Waals surface area contributed by atoms with Crippen molar-refractivity contribution >= 4 is 11.9 Å². The molecule has 0 aliphatic carbocycles. The molecule has 64 valence electrons. The summed E-state index contributed by atoms with van der Waals surface area (Å²) in [6.45, 7) is 4.59. The van der Waals surface area contributed by atoms with E-state index in [0.29, 0.717) is 0 Å². The molecular formula is C7H13NO3. The van der Waals surface area contributed by atoms with E-state index in [1.165, 1.54) is 6.92 Å². The SMILES string of the molecule is CC(=O)NC(C)[C@H](C)C(=O)O. The lowest BCUT2D eigenvalue weighted by molar-refractivity contribution is -0.142. The number of carboxylic acid groups (broad SMARTS) is 1. The van der Waals surface area contributed by atoms with Gasteiger partial charge in [-0.2, -0.15) is 0 Å². The van der Waals surface area contributed by atoms with E-state index in [1.807, 2.05) is 0 Å². The minimum Gasteiger partial charge on any atom is -0.481 e. The largest absolute Gasteiger partial charge is 0.481 e. The molecule has 4 nitrogen and oxygen atoms in total. The summed E-state index contributed by atoms with van der Waals surface area (Å²) in [7, 11) is 0. The fraction of sp³-hybridized carbons (Fsp3) is 0.714. The Kier molecular flexibility index (Phi) is 3.57. The first-order valence-electron chi connectivity index (χ1n) is 3.45. The maximum absolute atomic E-state index is 10.5. The van der Waals surface area contributed by atoms with Crippen molar-refractivity contribution in [1.82, 2.24) is 5.32 Å². The third-order valence-corrected chi connectivity index (χ3v) is 1.57. The standard InChI is InChI=1S/C7H13NO3/c1-4(7(10)11)5(2)8-6(3)9/h4-5H,1-3H3,(H,8,9)(H,10,11)/t4-,5?/m0/s1. The number of hydrogen-bond acceptors (Lipinski definition) is 2. The van der Waals surface area contributed by atoms with Gasteiger partial charge < -0.3 is 10.4 Å². The van der Waals surface area contributed by atoms with Crippen molar-refractivity contribution in [3.63, 3.8) is 0 Å². The molecule has 0 bridgehead atoms. The van der Waals surface area contributed by atoms with Gasteiger partial charge in [0.2, 0.25) is 5.91 Å². The predicted molar refractivity (Wildman–Crippen MR) is 40.1 cm³/mol. The van der Waals surface area contributed by atoms with Gasteiger partial charge in [0.1, 0.15) is 0 Å². The third-order valence-electron chi connectivity index (χ3n) is 1.57. The molecule has 0 saturated heterocycles. The van der Waals surface area contributed by atoms with Crippen LogP contribution in [0.4, 0.5) is 0 Å². The quantitative estimate of drug-likeness (QED) is 0.619. The van der Waals surface area contributed by atoms with Crippen LogP contribution in [0.15, 0.2) is 0 Å². The second-order valence-electron chi connectivity index (χ2n) is 2.62. The first-order valence-corrected chi connectivity index (χ1v) is 3.45. The van der Waals surface area contributed by atoms with E-state index < -0.39 is 11.9 Å². The van der Waals surface area contributed by atoms with Crippen molar-refractivity contribution in [2.75, 3.05) is 0 Å². The molecule has 0 rings (SSSR count). The topological polar surface area (TPSA) is 66.4 Å². The second-order valence-corrected chi connectivity index (χ2v) is 2.62. The van der Waals surface area contributed by atoms with Gasteiger partial charge in [-0.05, 0) is 13.8 Å². The van der Waals surface area contributed by atoms with Gasteiger partial charge in [-0.3, -0.25) is 9.59 Å². The average Bonchev–Trinajstić information content (AvgIpc) is 1.84. The van der Waals surface area contributed by atoms with Crippen molar-refractivity contribution < 1.29 is 14.7 Å². The zero-order chi connectivity index (χ0) is 9.02. The smallest absolute Gasteiger partial charge is 0.308 e. The zero-order valence-corrected chi connectivity index (χ0v) is 6.92. The van der Waals surface area contributed by atoms with E-state index in [2.05, 4.69) is 5.32 Å². The van der Waals surface area contributed by atoms with Crippen molar-refractivity contribution in [3.05, 3.63) is 0 Å². The van der Waals surface area contributed by atoms with Crippen LogP contribution in [0.25, 0.3) is 0 Å². The first-order chi connectivity index (χ1) is 4.95. The van der Waals surface area contributed by atoms with Crippen LogP contribution in [0.2, 0.25) is 0 Å². The molecule has 0 spiro atoms. The summed E-state index contributed by atoms with van der Waals surface area (Å²) in [5.41, 5.74) is 0. The summed E-state index contributed by atoms with van der Waals surface area (Å²) < 4.78 is 0. The van der Waals surface area contributed by atoms with Crippen LogP contribution in [0.3, 0.4) is 0 Å². The number of nitrogens with one attached hydrogen (secondary N) is 1. The van der Waals surface area contributed by atoms with Gasteiger partial charge in [0, 0.05) is 13.0 Å². The summed E-state index contributed by atoms with van der Waals surface area (Å²) in [5, 5.41) is 11.0. The van der Waals surface area contributed by atoms with E-state index in [-0.39, 0.29) is 11.9 Å². The monoisotopic (exact) mass is 159 g/mol. The summed E-state index contributed by atoms with van der Waals surface area (Å²) in [6, 6.07) is -0.315. The summed E-state index contributed by atoms with van der Waals surface area (Å²) in [4.78, 5) is 20.8. The fourth-order valence-corrected chi connectivity index (χ4v) is 0.659. The van der Waals surface area contributed by atoms with Gasteiger partial charge in [-0.1, -0.05) is 0 Å². The number of carboxylic acids is 1. The van der Waals surface area contributed by atoms with Crippen LogP contribution in [0, 0.1) is 5.92 Å². The Morgan fingerprint density at radius 3 is 2.09 bits per heavy atom. The lowest BCUT2D eigenvalue weighted by atomic mass is 10.0. The molecule has 0 radical (unpaired) electrons. The summed E-state index contributed by atoms with van der Waals surface area (Å²) >= 11 is 0. The highest BCUT2D eigenvalue weighted by atomic mass is 16.4. The van der Waals surface area contributed by atoms with E-state index >= 15 is 0 Å². The number of amides is 1. The molecular weight excluding hydrogens is 146 g/mol. The van der Waals surface area contributed by atoms with Crippen molar-refractivity contribution in [3.8, 4) is 0 Å². The maximum atomic E-state index is 10.5. The fourth-order valence-electron chi connectivity index (χ4n) is 0.659. The highest BCUT2D eigenvalue weighted by Crippen LogP contribution is 2.01. The Labute approximate surface area is 65.6 Å². The van der Waals surface area contributed by atoms with Crippen molar-refractivity contribution in [1.29, 1.82) is 0 Å². The molecule has 2 N–H and O–H groups in total. The molecule has 0 aliphatic heterocycles. The summed E-state index contributed by atoms with van der Waals surface area (Å²) in [6.07, 6.45) is 0. The second kappa shape index (κ2) is 3.95. The van der Waals surface area contributed by atoms with E-state index in [9.17, 15) is 9.59 Å². The molecule has 0 aromatic heterocycles. The van der Waals surface area contributed by atoms with Crippen molar-refractivity contribution in [2.45, 2.75) is 26.8 Å². The van der Waals surface area contributed by atoms with Crippen LogP contribution in [-0.2, 0) is 9.59 Å². The lowest BCUT2D eigenvalue weighted by Crippen LogP contribution is -2.38. The Hall–Kier alpha value is -1.06. The van der Waals surface area contributed by atoms with Gasteiger partial charge in [0.15, 0.2) is 0 Å². The Bertz CT molecular complexity index is 167. The lowest BCUT2D eigenvalue weighted by Gasteiger charge is -2.15. The number of hydrogen-bond donors (Lipinski definition) is 2. The number of aliphatic carboxylic acids is 1. The van der Waals surface area contributed by atoms with E-state index in [4.69, 9.17) is 5.11 Å². The van der Waals surface area contributed by atoms with Gasteiger partial charge in [0.05, 0.1) is 5.92 Å².